The second-order valence-electron chi connectivity index (χ2n) is 7.34. The highest BCUT2D eigenvalue weighted by Crippen LogP contribution is 2.28. The van der Waals surface area contributed by atoms with Crippen LogP contribution in [-0.2, 0) is 17.9 Å². The van der Waals surface area contributed by atoms with Crippen LogP contribution < -0.4 is 10.1 Å². The summed E-state index contributed by atoms with van der Waals surface area (Å²) in [6, 6.07) is 19.2. The molecule has 0 unspecified atom stereocenters. The van der Waals surface area contributed by atoms with Crippen LogP contribution in [0.1, 0.15) is 11.4 Å². The highest BCUT2D eigenvalue weighted by atomic mass is 35.5. The largest absolute Gasteiger partial charge is 0.485 e. The van der Waals surface area contributed by atoms with E-state index in [1.54, 1.807) is 30.3 Å². The molecule has 4 aromatic rings. The summed E-state index contributed by atoms with van der Waals surface area (Å²) >= 11 is 7.20. The van der Waals surface area contributed by atoms with Gasteiger partial charge in [0.25, 0.3) is 0 Å². The summed E-state index contributed by atoms with van der Waals surface area (Å²) in [6.07, 6.45) is 1.77. The van der Waals surface area contributed by atoms with Gasteiger partial charge in [-0.15, -0.1) is 16.8 Å². The number of ether oxygens (including phenoxy) is 1. The Morgan fingerprint density at radius 1 is 1.15 bits per heavy atom. The van der Waals surface area contributed by atoms with Crippen LogP contribution >= 0.6 is 23.4 Å². The number of anilines is 1. The van der Waals surface area contributed by atoms with Gasteiger partial charge in [0, 0.05) is 17.3 Å². The van der Waals surface area contributed by atoms with Crippen LogP contribution in [-0.4, -0.2) is 26.4 Å². The van der Waals surface area contributed by atoms with Gasteiger partial charge in [-0.1, -0.05) is 59.8 Å². The van der Waals surface area contributed by atoms with E-state index >= 15 is 0 Å². The quantitative estimate of drug-likeness (QED) is 0.240. The van der Waals surface area contributed by atoms with Crippen LogP contribution in [0, 0.1) is 6.92 Å². The number of carbonyl (C=O) groups is 1. The van der Waals surface area contributed by atoms with E-state index in [0.29, 0.717) is 28.2 Å². The first-order chi connectivity index (χ1) is 16.0. The maximum Gasteiger partial charge on any atom is 0.234 e. The molecule has 8 heteroatoms. The number of hydrogen-bond acceptors (Lipinski definition) is 5. The van der Waals surface area contributed by atoms with Gasteiger partial charge in [0.1, 0.15) is 12.4 Å². The predicted octanol–water partition coefficient (Wildman–Crippen LogP) is 5.89. The average Bonchev–Trinajstić information content (AvgIpc) is 3.21. The van der Waals surface area contributed by atoms with Crippen LogP contribution in [0.3, 0.4) is 0 Å². The van der Waals surface area contributed by atoms with Gasteiger partial charge in [0.2, 0.25) is 5.91 Å². The zero-order chi connectivity index (χ0) is 23.2. The highest BCUT2D eigenvalue weighted by molar-refractivity contribution is 7.99. The van der Waals surface area contributed by atoms with Gasteiger partial charge in [-0.3, -0.25) is 9.36 Å². The number of fused-ring (bicyclic) bond motifs is 1. The first-order valence-corrected chi connectivity index (χ1v) is 11.7. The molecule has 0 aliphatic rings. The molecule has 0 aliphatic carbocycles. The zero-order valence-electron chi connectivity index (χ0n) is 18.1. The molecule has 0 aliphatic heterocycles. The first kappa shape index (κ1) is 22.9. The maximum atomic E-state index is 12.3. The summed E-state index contributed by atoms with van der Waals surface area (Å²) in [4.78, 5) is 12.3. The average molecular weight is 479 g/mol. The maximum absolute atomic E-state index is 12.3. The van der Waals surface area contributed by atoms with Gasteiger partial charge in [0.15, 0.2) is 11.0 Å². The second-order valence-corrected chi connectivity index (χ2v) is 8.72. The van der Waals surface area contributed by atoms with E-state index in [0.717, 1.165) is 16.7 Å². The van der Waals surface area contributed by atoms with Crippen molar-refractivity contribution in [3.05, 3.63) is 89.7 Å². The first-order valence-electron chi connectivity index (χ1n) is 10.4. The summed E-state index contributed by atoms with van der Waals surface area (Å²) in [5, 5.41) is 15.0. The number of nitrogens with one attached hydrogen (secondary N) is 1. The van der Waals surface area contributed by atoms with Crippen molar-refractivity contribution < 1.29 is 9.53 Å². The molecule has 1 N–H and O–H groups in total. The number of aryl methyl sites for hydroxylation is 1. The number of carbonyl (C=O) groups excluding carboxylic acids is 1. The zero-order valence-corrected chi connectivity index (χ0v) is 19.7. The van der Waals surface area contributed by atoms with E-state index in [4.69, 9.17) is 16.3 Å². The van der Waals surface area contributed by atoms with E-state index in [9.17, 15) is 4.79 Å². The van der Waals surface area contributed by atoms with E-state index in [2.05, 4.69) is 34.2 Å². The molecule has 0 fully saturated rings. The van der Waals surface area contributed by atoms with Gasteiger partial charge in [-0.25, -0.2) is 0 Å². The fourth-order valence-electron chi connectivity index (χ4n) is 3.41. The van der Waals surface area contributed by atoms with Crippen LogP contribution in [0.4, 0.5) is 5.69 Å². The Hall–Kier alpha value is -3.29. The molecule has 0 radical (unpaired) electrons. The number of allylic oxidation sites excluding steroid dienone is 1. The molecule has 33 heavy (non-hydrogen) atoms. The molecule has 0 atom stereocenters. The summed E-state index contributed by atoms with van der Waals surface area (Å²) in [6.45, 7) is 6.65. The summed E-state index contributed by atoms with van der Waals surface area (Å²) in [5.41, 5.74) is 1.77. The molecule has 0 bridgehead atoms. The van der Waals surface area contributed by atoms with Gasteiger partial charge < -0.3 is 10.1 Å². The molecule has 0 saturated carbocycles. The predicted molar refractivity (Wildman–Crippen MR) is 134 cm³/mol. The number of hydrogen-bond donors (Lipinski definition) is 1. The molecular weight excluding hydrogens is 456 g/mol. The smallest absolute Gasteiger partial charge is 0.234 e. The van der Waals surface area contributed by atoms with Crippen molar-refractivity contribution in [1.82, 2.24) is 14.8 Å². The van der Waals surface area contributed by atoms with Crippen molar-refractivity contribution in [2.75, 3.05) is 11.1 Å². The standard InChI is InChI=1S/C25H23ClN4O2S/c1-3-14-30-23(15-32-22-13-8-18-6-4-5-7-21(18)17(22)2)28-29-25(30)33-16-24(31)27-20-11-9-19(26)10-12-20/h3-13H,1,14-16H2,2H3,(H,27,31). The summed E-state index contributed by atoms with van der Waals surface area (Å²) in [7, 11) is 0. The lowest BCUT2D eigenvalue weighted by Crippen LogP contribution is -2.15. The van der Waals surface area contributed by atoms with Crippen molar-refractivity contribution in [2.45, 2.75) is 25.2 Å². The Bertz CT molecular complexity index is 1290. The molecule has 0 spiro atoms. The molecule has 168 valence electrons. The molecule has 1 amide bonds. The van der Waals surface area contributed by atoms with Crippen molar-refractivity contribution >= 4 is 45.7 Å². The monoisotopic (exact) mass is 478 g/mol. The molecule has 1 heterocycles. The summed E-state index contributed by atoms with van der Waals surface area (Å²) < 4.78 is 7.99. The third-order valence-electron chi connectivity index (χ3n) is 5.07. The van der Waals surface area contributed by atoms with E-state index in [1.165, 1.54) is 17.1 Å². The third kappa shape index (κ3) is 5.56. The minimum atomic E-state index is -0.139. The lowest BCUT2D eigenvalue weighted by atomic mass is 10.0. The normalized spacial score (nSPS) is 10.8. The fraction of sp³-hybridized carbons (Fsp3) is 0.160. The molecule has 3 aromatic carbocycles. The van der Waals surface area contributed by atoms with Crippen molar-refractivity contribution in [3.8, 4) is 5.75 Å². The lowest BCUT2D eigenvalue weighted by molar-refractivity contribution is -0.113. The molecule has 6 nitrogen and oxygen atoms in total. The Balaban J connectivity index is 1.42. The number of aromatic nitrogens is 3. The van der Waals surface area contributed by atoms with Gasteiger partial charge in [0.05, 0.1) is 5.75 Å². The minimum absolute atomic E-state index is 0.139. The number of rotatable bonds is 9. The van der Waals surface area contributed by atoms with Crippen LogP contribution in [0.25, 0.3) is 10.8 Å². The Kier molecular flexibility index (Phi) is 7.32. The second kappa shape index (κ2) is 10.6. The minimum Gasteiger partial charge on any atom is -0.485 e. The van der Waals surface area contributed by atoms with E-state index in [-0.39, 0.29) is 18.3 Å². The third-order valence-corrected chi connectivity index (χ3v) is 6.29. The fourth-order valence-corrected chi connectivity index (χ4v) is 4.30. The van der Waals surface area contributed by atoms with Gasteiger partial charge in [-0.2, -0.15) is 0 Å². The van der Waals surface area contributed by atoms with Crippen LogP contribution in [0.5, 0.6) is 5.75 Å². The Morgan fingerprint density at radius 2 is 1.94 bits per heavy atom. The number of halogens is 1. The Morgan fingerprint density at radius 3 is 2.73 bits per heavy atom. The van der Waals surface area contributed by atoms with Crippen molar-refractivity contribution in [3.63, 3.8) is 0 Å². The lowest BCUT2D eigenvalue weighted by Gasteiger charge is -2.12. The Labute approximate surface area is 201 Å². The topological polar surface area (TPSA) is 69.0 Å². The van der Waals surface area contributed by atoms with Gasteiger partial charge in [-0.05, 0) is 53.6 Å². The molecule has 4 rings (SSSR count). The number of nitrogens with zero attached hydrogens (tertiary/aromatic N) is 3. The molecular formula is C25H23ClN4O2S. The van der Waals surface area contributed by atoms with Crippen molar-refractivity contribution in [2.24, 2.45) is 0 Å². The van der Waals surface area contributed by atoms with Crippen molar-refractivity contribution in [1.29, 1.82) is 0 Å². The van der Waals surface area contributed by atoms with Crippen LogP contribution in [0.2, 0.25) is 5.02 Å². The highest BCUT2D eigenvalue weighted by Gasteiger charge is 2.15. The number of benzene rings is 3. The van der Waals surface area contributed by atoms with Gasteiger partial charge >= 0.3 is 0 Å². The van der Waals surface area contributed by atoms with Crippen LogP contribution in [0.15, 0.2) is 78.5 Å². The number of thioether (sulfide) groups is 1. The molecule has 0 saturated heterocycles. The van der Waals surface area contributed by atoms with E-state index < -0.39 is 0 Å². The van der Waals surface area contributed by atoms with E-state index in [1.807, 2.05) is 35.8 Å². The summed E-state index contributed by atoms with van der Waals surface area (Å²) in [5.74, 6) is 1.53. The molecule has 1 aromatic heterocycles. The SMILES string of the molecule is C=CCn1c(COc2ccc3ccccc3c2C)nnc1SCC(=O)Nc1ccc(Cl)cc1. The number of amides is 1.